The molecule has 0 aliphatic rings. The maximum Gasteiger partial charge on any atom is 0.316 e. The number of hydrogen-bond acceptors (Lipinski definition) is 6. The van der Waals surface area contributed by atoms with E-state index in [0.717, 1.165) is 17.1 Å². The zero-order valence-electron chi connectivity index (χ0n) is 18.0. The van der Waals surface area contributed by atoms with E-state index in [1.165, 1.54) is 5.56 Å². The molecule has 0 saturated carbocycles. The maximum atomic E-state index is 8.48. The summed E-state index contributed by atoms with van der Waals surface area (Å²) in [5, 5.41) is 12.3. The predicted octanol–water partition coefficient (Wildman–Crippen LogP) is 5.01. The Labute approximate surface area is 159 Å². The van der Waals surface area contributed by atoms with Crippen LogP contribution in [0.2, 0.25) is 0 Å². The summed E-state index contributed by atoms with van der Waals surface area (Å²) in [4.78, 5) is 7.93. The van der Waals surface area contributed by atoms with Crippen LogP contribution in [0.25, 0.3) is 0 Å². The lowest BCUT2D eigenvalue weighted by molar-refractivity contribution is 0.224. The number of ether oxygens (including phenoxy) is 1. The van der Waals surface area contributed by atoms with Gasteiger partial charge in [0.2, 0.25) is 0 Å². The summed E-state index contributed by atoms with van der Waals surface area (Å²) in [6.07, 6.45) is 2.26. The molecule has 0 aliphatic carbocycles. The minimum absolute atomic E-state index is 0.131. The fourth-order valence-electron chi connectivity index (χ4n) is 2.04. The van der Waals surface area contributed by atoms with E-state index in [0.29, 0.717) is 25.0 Å². The summed E-state index contributed by atoms with van der Waals surface area (Å²) in [6, 6.07) is 2.18. The van der Waals surface area contributed by atoms with Gasteiger partial charge in [0.1, 0.15) is 5.76 Å². The van der Waals surface area contributed by atoms with Crippen LogP contribution in [0.15, 0.2) is 16.8 Å². The molecule has 0 radical (unpaired) electrons. The van der Waals surface area contributed by atoms with Crippen LogP contribution in [0.5, 0.6) is 6.01 Å². The Balaban J connectivity index is 0. The molecule has 0 atom stereocenters. The predicted molar refractivity (Wildman–Crippen MR) is 107 cm³/mol. The van der Waals surface area contributed by atoms with Gasteiger partial charge >= 0.3 is 6.01 Å². The van der Waals surface area contributed by atoms with Crippen molar-refractivity contribution in [3.8, 4) is 6.01 Å². The van der Waals surface area contributed by atoms with Gasteiger partial charge in [0.25, 0.3) is 0 Å². The van der Waals surface area contributed by atoms with E-state index in [1.807, 2.05) is 48.5 Å². The standard InChI is InChI=1S/C8H12N2O2.C8H13NO.2C2H6/c1-7-3-4-9-8(10-7)12-6-2-5-11;1-5(2)8-6(3)9-10-7(8)4;2*1-2/h3-4,11H,2,5-6H2,1H3;5H,1-4H3;2*1-2H3. The lowest BCUT2D eigenvalue weighted by Gasteiger charge is -2.01. The minimum Gasteiger partial charge on any atom is -0.463 e. The minimum atomic E-state index is 0.131. The smallest absolute Gasteiger partial charge is 0.316 e. The molecule has 0 amide bonds. The van der Waals surface area contributed by atoms with Gasteiger partial charge in [-0.25, -0.2) is 9.97 Å². The lowest BCUT2D eigenvalue weighted by atomic mass is 10.0. The number of aromatic nitrogens is 3. The molecule has 6 nitrogen and oxygen atoms in total. The Bertz CT molecular complexity index is 550. The van der Waals surface area contributed by atoms with Gasteiger partial charge in [-0.1, -0.05) is 46.7 Å². The van der Waals surface area contributed by atoms with Crippen molar-refractivity contribution >= 4 is 0 Å². The molecule has 26 heavy (non-hydrogen) atoms. The molecular formula is C20H37N3O3. The van der Waals surface area contributed by atoms with E-state index in [1.54, 1.807) is 12.3 Å². The van der Waals surface area contributed by atoms with Gasteiger partial charge in [0.05, 0.1) is 12.3 Å². The highest BCUT2D eigenvalue weighted by Crippen LogP contribution is 2.21. The quantitative estimate of drug-likeness (QED) is 0.748. The molecule has 2 rings (SSSR count). The molecule has 0 aliphatic heterocycles. The molecule has 0 spiro atoms. The Hall–Kier alpha value is -1.95. The van der Waals surface area contributed by atoms with Gasteiger partial charge in [0.15, 0.2) is 0 Å². The Morgan fingerprint density at radius 2 is 1.73 bits per heavy atom. The van der Waals surface area contributed by atoms with E-state index in [4.69, 9.17) is 14.4 Å². The summed E-state index contributed by atoms with van der Waals surface area (Å²) < 4.78 is 10.2. The molecule has 2 aromatic rings. The molecule has 0 saturated heterocycles. The zero-order chi connectivity index (χ0) is 20.5. The topological polar surface area (TPSA) is 81.3 Å². The Morgan fingerprint density at radius 1 is 1.12 bits per heavy atom. The number of aliphatic hydroxyl groups excluding tert-OH is 1. The molecule has 150 valence electrons. The molecule has 0 aromatic carbocycles. The average Bonchev–Trinajstić information content (AvgIpc) is 2.98. The van der Waals surface area contributed by atoms with Gasteiger partial charge in [-0.15, -0.1) is 0 Å². The van der Waals surface area contributed by atoms with Crippen LogP contribution in [0.4, 0.5) is 0 Å². The van der Waals surface area contributed by atoms with Crippen molar-refractivity contribution in [3.05, 3.63) is 35.0 Å². The van der Waals surface area contributed by atoms with E-state index in [-0.39, 0.29) is 6.61 Å². The molecule has 2 aromatic heterocycles. The maximum absolute atomic E-state index is 8.48. The molecule has 6 heteroatoms. The van der Waals surface area contributed by atoms with Crippen LogP contribution in [-0.4, -0.2) is 33.4 Å². The van der Waals surface area contributed by atoms with Gasteiger partial charge in [-0.2, -0.15) is 0 Å². The summed E-state index contributed by atoms with van der Waals surface area (Å²) in [5.74, 6) is 1.47. The first-order valence-corrected chi connectivity index (χ1v) is 9.41. The number of rotatable bonds is 5. The number of aliphatic hydroxyl groups is 1. The first-order valence-electron chi connectivity index (χ1n) is 9.41. The van der Waals surface area contributed by atoms with Crippen LogP contribution in [0, 0.1) is 20.8 Å². The number of aryl methyl sites for hydroxylation is 3. The molecule has 0 fully saturated rings. The summed E-state index contributed by atoms with van der Waals surface area (Å²) >= 11 is 0. The van der Waals surface area contributed by atoms with Gasteiger partial charge < -0.3 is 14.4 Å². The number of hydrogen-bond donors (Lipinski definition) is 1. The molecular weight excluding hydrogens is 330 g/mol. The third kappa shape index (κ3) is 10.8. The largest absolute Gasteiger partial charge is 0.463 e. The third-order valence-electron chi connectivity index (χ3n) is 2.97. The van der Waals surface area contributed by atoms with Gasteiger partial charge in [-0.05, 0) is 32.8 Å². The van der Waals surface area contributed by atoms with Crippen molar-refractivity contribution in [2.45, 2.75) is 74.7 Å². The number of nitrogens with zero attached hydrogens (tertiary/aromatic N) is 3. The monoisotopic (exact) mass is 367 g/mol. The van der Waals surface area contributed by atoms with Crippen LogP contribution >= 0.6 is 0 Å². The fourth-order valence-corrected chi connectivity index (χ4v) is 2.04. The van der Waals surface area contributed by atoms with Crippen molar-refractivity contribution < 1.29 is 14.4 Å². The first-order chi connectivity index (χ1) is 12.5. The van der Waals surface area contributed by atoms with E-state index in [2.05, 4.69) is 29.0 Å². The summed E-state index contributed by atoms with van der Waals surface area (Å²) in [5.41, 5.74) is 3.15. The van der Waals surface area contributed by atoms with E-state index < -0.39 is 0 Å². The van der Waals surface area contributed by atoms with Crippen LogP contribution in [-0.2, 0) is 0 Å². The van der Waals surface area contributed by atoms with Crippen molar-refractivity contribution in [1.82, 2.24) is 15.1 Å². The SMILES string of the molecule is CC.CC.Cc1ccnc(OCCCO)n1.Cc1noc(C)c1C(C)C. The van der Waals surface area contributed by atoms with Crippen LogP contribution < -0.4 is 4.74 Å². The third-order valence-corrected chi connectivity index (χ3v) is 2.97. The summed E-state index contributed by atoms with van der Waals surface area (Å²) in [6.45, 7) is 18.7. The second-order valence-electron chi connectivity index (χ2n) is 5.30. The lowest BCUT2D eigenvalue weighted by Crippen LogP contribution is -2.03. The van der Waals surface area contributed by atoms with E-state index in [9.17, 15) is 0 Å². The normalized spacial score (nSPS) is 9.19. The molecule has 0 bridgehead atoms. The highest BCUT2D eigenvalue weighted by molar-refractivity contribution is 5.23. The summed E-state index contributed by atoms with van der Waals surface area (Å²) in [7, 11) is 0. The zero-order valence-corrected chi connectivity index (χ0v) is 18.0. The Morgan fingerprint density at radius 3 is 2.12 bits per heavy atom. The molecule has 2 heterocycles. The molecule has 1 N–H and O–H groups in total. The second kappa shape index (κ2) is 16.5. The van der Waals surface area contributed by atoms with Crippen molar-refractivity contribution in [2.24, 2.45) is 0 Å². The van der Waals surface area contributed by atoms with Crippen molar-refractivity contribution in [1.29, 1.82) is 0 Å². The van der Waals surface area contributed by atoms with Crippen LogP contribution in [0.3, 0.4) is 0 Å². The molecule has 0 unspecified atom stereocenters. The van der Waals surface area contributed by atoms with Gasteiger partial charge in [0, 0.05) is 30.5 Å². The average molecular weight is 368 g/mol. The van der Waals surface area contributed by atoms with E-state index >= 15 is 0 Å². The highest BCUT2D eigenvalue weighted by atomic mass is 16.5. The van der Waals surface area contributed by atoms with Crippen molar-refractivity contribution in [3.63, 3.8) is 0 Å². The Kier molecular flexibility index (Phi) is 16.7. The second-order valence-corrected chi connectivity index (χ2v) is 5.30. The fraction of sp³-hybridized carbons (Fsp3) is 0.650. The van der Waals surface area contributed by atoms with Gasteiger partial charge in [-0.3, -0.25) is 0 Å². The first kappa shape index (κ1) is 26.3. The highest BCUT2D eigenvalue weighted by Gasteiger charge is 2.11. The van der Waals surface area contributed by atoms with Crippen molar-refractivity contribution in [2.75, 3.05) is 13.2 Å². The van der Waals surface area contributed by atoms with Crippen LogP contribution in [0.1, 0.15) is 76.6 Å².